The van der Waals surface area contributed by atoms with E-state index in [1.807, 2.05) is 51.3 Å². The molecule has 8 heterocycles. The zero-order chi connectivity index (χ0) is 39.6. The summed E-state index contributed by atoms with van der Waals surface area (Å²) in [7, 11) is 0. The van der Waals surface area contributed by atoms with Gasteiger partial charge in [-0.15, -0.1) is 0 Å². The van der Waals surface area contributed by atoms with Gasteiger partial charge in [0.1, 0.15) is 22.2 Å². The topological polar surface area (TPSA) is 152 Å². The van der Waals surface area contributed by atoms with Crippen LogP contribution < -0.4 is 10.2 Å². The van der Waals surface area contributed by atoms with Crippen molar-refractivity contribution in [3.05, 3.63) is 40.4 Å². The molecule has 300 valence electrons. The van der Waals surface area contributed by atoms with Crippen LogP contribution in [0.3, 0.4) is 0 Å². The van der Waals surface area contributed by atoms with Crippen LogP contribution in [-0.2, 0) is 9.47 Å². The SMILES string of the molecule is CC(C)(C)OC(=O)N1CCC2(CCN(c3nc(Cl)nc4ccoc34)CC2)C1.CC(C)(C)OC(=O)N1CCC2(CCNCC2)C1.Clc1nc(Cl)c2occc2n1. The fraction of sp³-hybridized carbons (Fsp3) is 0.632. The molecule has 0 saturated carbocycles. The van der Waals surface area contributed by atoms with Gasteiger partial charge < -0.3 is 38.3 Å². The van der Waals surface area contributed by atoms with Gasteiger partial charge in [0.2, 0.25) is 10.6 Å². The van der Waals surface area contributed by atoms with E-state index in [4.69, 9.17) is 53.1 Å². The van der Waals surface area contributed by atoms with Crippen molar-refractivity contribution in [3.63, 3.8) is 0 Å². The average Bonchev–Trinajstić information content (AvgIpc) is 3.92. The molecule has 4 aromatic rings. The summed E-state index contributed by atoms with van der Waals surface area (Å²) in [4.78, 5) is 46.5. The highest BCUT2D eigenvalue weighted by Crippen LogP contribution is 2.43. The summed E-state index contributed by atoms with van der Waals surface area (Å²) in [5.41, 5.74) is 2.16. The van der Waals surface area contributed by atoms with Crippen LogP contribution in [0.2, 0.25) is 15.7 Å². The number of carbonyl (C=O) groups is 2. The molecule has 0 unspecified atom stereocenters. The molecule has 17 heteroatoms. The smallest absolute Gasteiger partial charge is 0.410 e. The van der Waals surface area contributed by atoms with E-state index in [1.165, 1.54) is 19.1 Å². The Morgan fingerprint density at radius 3 is 1.65 bits per heavy atom. The summed E-state index contributed by atoms with van der Waals surface area (Å²) in [5.74, 6) is 0.756. The standard InChI is InChI=1S/C19H25ClN4O3.C13H24N2O2.C6H2Cl2N2O/c1-18(2,3)27-17(25)24-10-7-19(12-24)5-8-23(9-6-19)15-14-13(4-11-26-14)21-16(20)22-15;1-12(2,3)17-11(16)15-9-6-13(10-15)4-7-14-8-5-13;7-5-4-3(1-2-11-4)9-6(8)10-5/h4,11H,5-10,12H2,1-3H3;14H,4-10H2,1-3H3;1-2H. The minimum absolute atomic E-state index is 0.129. The number of hydrogen-bond donors (Lipinski definition) is 1. The highest BCUT2D eigenvalue weighted by atomic mass is 35.5. The first kappa shape index (κ1) is 41.1. The molecule has 2 amide bonds. The predicted octanol–water partition coefficient (Wildman–Crippen LogP) is 8.63. The zero-order valence-corrected chi connectivity index (χ0v) is 34.7. The Balaban J connectivity index is 0.000000156. The van der Waals surface area contributed by atoms with Crippen molar-refractivity contribution in [2.75, 3.05) is 57.3 Å². The number of aromatic nitrogens is 4. The average molecular weight is 822 g/mol. The van der Waals surface area contributed by atoms with E-state index in [-0.39, 0.29) is 38.9 Å². The van der Waals surface area contributed by atoms with Gasteiger partial charge in [0.15, 0.2) is 22.1 Å². The van der Waals surface area contributed by atoms with Crippen molar-refractivity contribution >= 4 is 75.0 Å². The molecule has 4 fully saturated rings. The highest BCUT2D eigenvalue weighted by molar-refractivity contribution is 6.35. The lowest BCUT2D eigenvalue weighted by molar-refractivity contribution is 0.0256. The summed E-state index contributed by atoms with van der Waals surface area (Å²) in [6.45, 7) is 18.6. The third-order valence-corrected chi connectivity index (χ3v) is 11.1. The second-order valence-electron chi connectivity index (χ2n) is 16.9. The van der Waals surface area contributed by atoms with Crippen LogP contribution in [-0.4, -0.2) is 105 Å². The molecular formula is C38H51Cl3N8O6. The van der Waals surface area contributed by atoms with Gasteiger partial charge in [-0.1, -0.05) is 11.6 Å². The van der Waals surface area contributed by atoms with Gasteiger partial charge in [0.25, 0.3) is 0 Å². The van der Waals surface area contributed by atoms with Crippen molar-refractivity contribution in [1.29, 1.82) is 0 Å². The van der Waals surface area contributed by atoms with Gasteiger partial charge in [0.05, 0.1) is 12.5 Å². The van der Waals surface area contributed by atoms with E-state index in [1.54, 1.807) is 18.4 Å². The number of fused-ring (bicyclic) bond motifs is 2. The van der Waals surface area contributed by atoms with E-state index in [0.29, 0.717) is 22.1 Å². The fourth-order valence-electron chi connectivity index (χ4n) is 7.64. The van der Waals surface area contributed by atoms with Gasteiger partial charge >= 0.3 is 12.2 Å². The molecule has 4 aromatic heterocycles. The first-order valence-corrected chi connectivity index (χ1v) is 19.9. The minimum atomic E-state index is -0.461. The molecule has 2 spiro atoms. The Hall–Kier alpha value is -3.59. The summed E-state index contributed by atoms with van der Waals surface area (Å²) in [5, 5.41) is 3.99. The number of ether oxygens (including phenoxy) is 2. The van der Waals surface area contributed by atoms with E-state index >= 15 is 0 Å². The summed E-state index contributed by atoms with van der Waals surface area (Å²) in [6.07, 6.45) is 9.26. The fourth-order valence-corrected chi connectivity index (χ4v) is 8.25. The molecule has 14 nitrogen and oxygen atoms in total. The van der Waals surface area contributed by atoms with Crippen LogP contribution in [0.1, 0.15) is 80.1 Å². The van der Waals surface area contributed by atoms with Crippen molar-refractivity contribution in [1.82, 2.24) is 35.1 Å². The van der Waals surface area contributed by atoms with E-state index in [2.05, 4.69) is 30.2 Å². The molecule has 0 bridgehead atoms. The van der Waals surface area contributed by atoms with Crippen molar-refractivity contribution in [2.24, 2.45) is 10.8 Å². The Bertz CT molecular complexity index is 1960. The Labute approximate surface area is 336 Å². The maximum atomic E-state index is 12.4. The number of hydrogen-bond acceptors (Lipinski definition) is 12. The maximum Gasteiger partial charge on any atom is 0.410 e. The molecular weight excluding hydrogens is 771 g/mol. The van der Waals surface area contributed by atoms with E-state index < -0.39 is 5.60 Å². The number of nitrogens with zero attached hydrogens (tertiary/aromatic N) is 7. The first-order valence-electron chi connectivity index (χ1n) is 18.8. The molecule has 0 aliphatic carbocycles. The number of anilines is 1. The number of piperidine rings is 2. The Kier molecular flexibility index (Phi) is 12.3. The lowest BCUT2D eigenvalue weighted by Gasteiger charge is -2.39. The van der Waals surface area contributed by atoms with Gasteiger partial charge in [-0.25, -0.2) is 24.5 Å². The van der Waals surface area contributed by atoms with E-state index in [9.17, 15) is 9.59 Å². The van der Waals surface area contributed by atoms with Crippen LogP contribution in [0.25, 0.3) is 22.2 Å². The monoisotopic (exact) mass is 820 g/mol. The van der Waals surface area contributed by atoms with Gasteiger partial charge in [0, 0.05) is 51.4 Å². The predicted molar refractivity (Wildman–Crippen MR) is 212 cm³/mol. The molecule has 0 atom stereocenters. The molecule has 8 rings (SSSR count). The highest BCUT2D eigenvalue weighted by Gasteiger charge is 2.44. The zero-order valence-electron chi connectivity index (χ0n) is 32.4. The Morgan fingerprint density at radius 2 is 1.13 bits per heavy atom. The molecule has 55 heavy (non-hydrogen) atoms. The van der Waals surface area contributed by atoms with Crippen molar-refractivity contribution in [3.8, 4) is 0 Å². The second-order valence-corrected chi connectivity index (χ2v) is 17.9. The summed E-state index contributed by atoms with van der Waals surface area (Å²) < 4.78 is 21.5. The number of amides is 2. The first-order chi connectivity index (χ1) is 25.9. The number of furan rings is 2. The summed E-state index contributed by atoms with van der Waals surface area (Å²) in [6, 6.07) is 3.47. The molecule has 0 radical (unpaired) electrons. The third-order valence-electron chi connectivity index (χ3n) is 10.5. The molecule has 0 aromatic carbocycles. The van der Waals surface area contributed by atoms with Crippen LogP contribution in [0.15, 0.2) is 33.5 Å². The number of halogens is 3. The van der Waals surface area contributed by atoms with Gasteiger partial charge in [-0.3, -0.25) is 0 Å². The number of rotatable bonds is 1. The molecule has 4 saturated heterocycles. The van der Waals surface area contributed by atoms with Crippen LogP contribution in [0.5, 0.6) is 0 Å². The lowest BCUT2D eigenvalue weighted by atomic mass is 9.78. The largest absolute Gasteiger partial charge is 0.459 e. The quantitative estimate of drug-likeness (QED) is 0.145. The minimum Gasteiger partial charge on any atom is -0.459 e. The van der Waals surface area contributed by atoms with Crippen LogP contribution in [0.4, 0.5) is 15.4 Å². The normalized spacial score (nSPS) is 19.3. The number of likely N-dealkylation sites (tertiary alicyclic amines) is 2. The third kappa shape index (κ3) is 10.4. The Morgan fingerprint density at radius 1 is 0.673 bits per heavy atom. The van der Waals surface area contributed by atoms with Gasteiger partial charge in [-0.2, -0.15) is 4.98 Å². The molecule has 4 aliphatic heterocycles. The van der Waals surface area contributed by atoms with Crippen LogP contribution >= 0.6 is 34.8 Å². The van der Waals surface area contributed by atoms with E-state index in [0.717, 1.165) is 89.4 Å². The summed E-state index contributed by atoms with van der Waals surface area (Å²) >= 11 is 17.3. The number of carbonyl (C=O) groups excluding carboxylic acids is 2. The molecule has 1 N–H and O–H groups in total. The lowest BCUT2D eigenvalue weighted by Crippen LogP contribution is -2.43. The van der Waals surface area contributed by atoms with Gasteiger partial charge in [-0.05, 0) is 127 Å². The number of nitrogens with one attached hydrogen (secondary N) is 1. The molecule has 4 aliphatic rings. The van der Waals surface area contributed by atoms with Crippen molar-refractivity contribution < 1.29 is 27.9 Å². The maximum absolute atomic E-state index is 12.4. The second kappa shape index (κ2) is 16.5. The van der Waals surface area contributed by atoms with Crippen LogP contribution in [0, 0.1) is 10.8 Å². The van der Waals surface area contributed by atoms with Crippen molar-refractivity contribution in [2.45, 2.75) is 91.3 Å².